The molecule has 0 heterocycles. The van der Waals surface area contributed by atoms with Crippen LogP contribution in [0, 0.1) is 0 Å². The molecule has 0 aliphatic carbocycles. The molecule has 1 rings (SSSR count). The van der Waals surface area contributed by atoms with E-state index in [9.17, 15) is 19.5 Å². The number of hydrogen-bond acceptors (Lipinski definition) is 5. The van der Waals surface area contributed by atoms with Gasteiger partial charge in [0.05, 0.1) is 23.3 Å². The van der Waals surface area contributed by atoms with Gasteiger partial charge in [0.1, 0.15) is 5.75 Å². The van der Waals surface area contributed by atoms with Crippen LogP contribution in [-0.2, 0) is 4.74 Å². The summed E-state index contributed by atoms with van der Waals surface area (Å²) in [6.45, 7) is 1.83. The van der Waals surface area contributed by atoms with Gasteiger partial charge in [-0.25, -0.2) is 4.79 Å². The zero-order valence-corrected chi connectivity index (χ0v) is 8.60. The second-order valence-corrected chi connectivity index (χ2v) is 2.96. The van der Waals surface area contributed by atoms with Crippen LogP contribution in [0.25, 0.3) is 0 Å². The van der Waals surface area contributed by atoms with Gasteiger partial charge in [0.25, 0.3) is 0 Å². The van der Waals surface area contributed by atoms with Crippen molar-refractivity contribution in [1.82, 2.24) is 0 Å². The lowest BCUT2D eigenvalue weighted by Crippen LogP contribution is -2.06. The van der Waals surface area contributed by atoms with Crippen molar-refractivity contribution in [2.45, 2.75) is 6.92 Å². The van der Waals surface area contributed by atoms with Gasteiger partial charge >= 0.3 is 5.97 Å². The Hall–Kier alpha value is -2.17. The van der Waals surface area contributed by atoms with Crippen LogP contribution in [0.3, 0.4) is 0 Å². The summed E-state index contributed by atoms with van der Waals surface area (Å²) < 4.78 is 4.71. The minimum atomic E-state index is -0.645. The average Bonchev–Trinajstić information content (AvgIpc) is 2.29. The second kappa shape index (κ2) is 5.06. The maximum Gasteiger partial charge on any atom is 0.338 e. The third-order valence-electron chi connectivity index (χ3n) is 1.93. The molecule has 0 amide bonds. The van der Waals surface area contributed by atoms with Gasteiger partial charge in [0.15, 0.2) is 12.6 Å². The van der Waals surface area contributed by atoms with Crippen molar-refractivity contribution in [2.24, 2.45) is 0 Å². The number of benzene rings is 1. The summed E-state index contributed by atoms with van der Waals surface area (Å²) in [5, 5.41) is 9.41. The molecule has 0 spiro atoms. The zero-order chi connectivity index (χ0) is 12.1. The van der Waals surface area contributed by atoms with Gasteiger partial charge in [0.2, 0.25) is 0 Å². The fraction of sp³-hybridized carbons (Fsp3) is 0.182. The SMILES string of the molecule is CCOC(=O)c1cc(C=O)c(O)c(C=O)c1. The Morgan fingerprint density at radius 3 is 2.19 bits per heavy atom. The lowest BCUT2D eigenvalue weighted by atomic mass is 10.1. The normalized spacial score (nSPS) is 9.56. The lowest BCUT2D eigenvalue weighted by molar-refractivity contribution is 0.0526. The molecule has 0 unspecified atom stereocenters. The van der Waals surface area contributed by atoms with E-state index in [1.54, 1.807) is 6.92 Å². The number of esters is 1. The van der Waals surface area contributed by atoms with Crippen molar-refractivity contribution in [1.29, 1.82) is 0 Å². The Kier molecular flexibility index (Phi) is 3.77. The van der Waals surface area contributed by atoms with Gasteiger partial charge in [-0.15, -0.1) is 0 Å². The standard InChI is InChI=1S/C11H10O5/c1-2-16-11(15)7-3-8(5-12)10(14)9(4-7)6-13/h3-6,14H,2H2,1H3. The number of carbonyl (C=O) groups excluding carboxylic acids is 3. The quantitative estimate of drug-likeness (QED) is 0.611. The number of aldehydes is 2. The van der Waals surface area contributed by atoms with Gasteiger partial charge in [-0.1, -0.05) is 0 Å². The molecule has 5 nitrogen and oxygen atoms in total. The Balaban J connectivity index is 3.26. The number of ether oxygens (including phenoxy) is 1. The van der Waals surface area contributed by atoms with Gasteiger partial charge in [-0.05, 0) is 19.1 Å². The van der Waals surface area contributed by atoms with Crippen molar-refractivity contribution >= 4 is 18.5 Å². The fourth-order valence-electron chi connectivity index (χ4n) is 1.19. The van der Waals surface area contributed by atoms with E-state index in [2.05, 4.69) is 0 Å². The Bertz CT molecular complexity index is 407. The first kappa shape index (κ1) is 11.9. The molecule has 16 heavy (non-hydrogen) atoms. The van der Waals surface area contributed by atoms with Crippen LogP contribution in [0.4, 0.5) is 0 Å². The van der Waals surface area contributed by atoms with Crippen LogP contribution in [0.15, 0.2) is 12.1 Å². The monoisotopic (exact) mass is 222 g/mol. The topological polar surface area (TPSA) is 80.7 Å². The first-order valence-electron chi connectivity index (χ1n) is 4.58. The van der Waals surface area contributed by atoms with E-state index in [4.69, 9.17) is 4.74 Å². The molecule has 0 aliphatic heterocycles. The fourth-order valence-corrected chi connectivity index (χ4v) is 1.19. The van der Waals surface area contributed by atoms with Crippen LogP contribution in [0.2, 0.25) is 0 Å². The van der Waals surface area contributed by atoms with Gasteiger partial charge < -0.3 is 9.84 Å². The molecule has 0 aromatic heterocycles. The van der Waals surface area contributed by atoms with E-state index < -0.39 is 11.7 Å². The largest absolute Gasteiger partial charge is 0.506 e. The van der Waals surface area contributed by atoms with Crippen molar-refractivity contribution in [3.8, 4) is 5.75 Å². The molecule has 0 radical (unpaired) electrons. The van der Waals surface area contributed by atoms with E-state index in [1.165, 1.54) is 12.1 Å². The molecule has 0 bridgehead atoms. The molecule has 0 saturated heterocycles. The van der Waals surface area contributed by atoms with E-state index in [0.29, 0.717) is 12.6 Å². The maximum atomic E-state index is 11.4. The van der Waals surface area contributed by atoms with Gasteiger partial charge in [-0.2, -0.15) is 0 Å². The molecule has 0 saturated carbocycles. The Morgan fingerprint density at radius 2 is 1.81 bits per heavy atom. The first-order chi connectivity index (χ1) is 7.63. The molecule has 1 aromatic carbocycles. The van der Waals surface area contributed by atoms with Crippen molar-refractivity contribution in [3.05, 3.63) is 28.8 Å². The predicted molar refractivity (Wildman–Crippen MR) is 54.8 cm³/mol. The second-order valence-electron chi connectivity index (χ2n) is 2.96. The molecule has 1 aromatic rings. The highest BCUT2D eigenvalue weighted by molar-refractivity contribution is 5.97. The van der Waals surface area contributed by atoms with Crippen LogP contribution in [-0.4, -0.2) is 30.3 Å². The first-order valence-corrected chi connectivity index (χ1v) is 4.58. The highest BCUT2D eigenvalue weighted by atomic mass is 16.5. The summed E-state index contributed by atoms with van der Waals surface area (Å²) in [5.41, 5.74) is -0.177. The van der Waals surface area contributed by atoms with Crippen LogP contribution >= 0.6 is 0 Å². The van der Waals surface area contributed by atoms with Gasteiger partial charge in [0, 0.05) is 0 Å². The highest BCUT2D eigenvalue weighted by Gasteiger charge is 2.14. The van der Waals surface area contributed by atoms with Crippen molar-refractivity contribution < 1.29 is 24.2 Å². The number of phenolic OH excluding ortho intramolecular Hbond substituents is 1. The summed E-state index contributed by atoms with van der Waals surface area (Å²) in [6.07, 6.45) is 0.732. The number of aromatic hydroxyl groups is 1. The number of carbonyl (C=O) groups is 3. The van der Waals surface area contributed by atoms with Crippen LogP contribution in [0.1, 0.15) is 38.0 Å². The van der Waals surface area contributed by atoms with E-state index >= 15 is 0 Å². The van der Waals surface area contributed by atoms with Crippen LogP contribution < -0.4 is 0 Å². The van der Waals surface area contributed by atoms with Crippen molar-refractivity contribution in [2.75, 3.05) is 6.61 Å². The van der Waals surface area contributed by atoms with E-state index in [0.717, 1.165) is 0 Å². The Morgan fingerprint density at radius 1 is 1.31 bits per heavy atom. The Labute approximate surface area is 91.6 Å². The van der Waals surface area contributed by atoms with E-state index in [-0.39, 0.29) is 23.3 Å². The maximum absolute atomic E-state index is 11.4. The predicted octanol–water partition coefficient (Wildman–Crippen LogP) is 1.19. The zero-order valence-electron chi connectivity index (χ0n) is 8.60. The third-order valence-corrected chi connectivity index (χ3v) is 1.93. The average molecular weight is 222 g/mol. The number of rotatable bonds is 4. The summed E-state index contributed by atoms with van der Waals surface area (Å²) in [5.74, 6) is -1.08. The minimum Gasteiger partial charge on any atom is -0.506 e. The lowest BCUT2D eigenvalue weighted by Gasteiger charge is -2.05. The summed E-state index contributed by atoms with van der Waals surface area (Å²) in [6, 6.07) is 2.35. The number of phenols is 1. The summed E-state index contributed by atoms with van der Waals surface area (Å²) in [4.78, 5) is 32.6. The molecule has 84 valence electrons. The van der Waals surface area contributed by atoms with Crippen LogP contribution in [0.5, 0.6) is 5.75 Å². The molecule has 0 fully saturated rings. The summed E-state index contributed by atoms with van der Waals surface area (Å²) >= 11 is 0. The van der Waals surface area contributed by atoms with Crippen molar-refractivity contribution in [3.63, 3.8) is 0 Å². The molecule has 1 N–H and O–H groups in total. The highest BCUT2D eigenvalue weighted by Crippen LogP contribution is 2.22. The summed E-state index contributed by atoms with van der Waals surface area (Å²) in [7, 11) is 0. The molecular weight excluding hydrogens is 212 g/mol. The third kappa shape index (κ3) is 2.25. The van der Waals surface area contributed by atoms with E-state index in [1.807, 2.05) is 0 Å². The molecule has 5 heteroatoms. The van der Waals surface area contributed by atoms with Gasteiger partial charge in [-0.3, -0.25) is 9.59 Å². The molecule has 0 atom stereocenters. The number of hydrogen-bond donors (Lipinski definition) is 1. The smallest absolute Gasteiger partial charge is 0.338 e. The minimum absolute atomic E-state index is 0.0591. The molecule has 0 aliphatic rings. The molecular formula is C11H10O5.